The first-order valence-electron chi connectivity index (χ1n) is 12.2. The third-order valence-corrected chi connectivity index (χ3v) is 6.70. The highest BCUT2D eigenvalue weighted by Crippen LogP contribution is 2.43. The minimum Gasteiger partial charge on any atom is -0.464 e. The number of hydrogen-bond donors (Lipinski definition) is 0. The molecule has 0 amide bonds. The van der Waals surface area contributed by atoms with Crippen molar-refractivity contribution in [2.24, 2.45) is 0 Å². The van der Waals surface area contributed by atoms with Crippen LogP contribution in [-0.4, -0.2) is 48.6 Å². The highest BCUT2D eigenvalue weighted by molar-refractivity contribution is 5.93. The molecule has 0 saturated heterocycles. The van der Waals surface area contributed by atoms with Gasteiger partial charge in [-0.1, -0.05) is 52.4 Å². The van der Waals surface area contributed by atoms with Gasteiger partial charge >= 0.3 is 11.9 Å². The van der Waals surface area contributed by atoms with Crippen LogP contribution in [0.15, 0.2) is 0 Å². The van der Waals surface area contributed by atoms with Crippen molar-refractivity contribution in [2.45, 2.75) is 128 Å². The summed E-state index contributed by atoms with van der Waals surface area (Å²) in [7, 11) is 0. The summed E-state index contributed by atoms with van der Waals surface area (Å²) in [5.74, 6) is -1.02. The van der Waals surface area contributed by atoms with E-state index in [2.05, 4.69) is 0 Å². The van der Waals surface area contributed by atoms with Gasteiger partial charge in [-0.25, -0.2) is 9.59 Å². The van der Waals surface area contributed by atoms with Gasteiger partial charge in [0.15, 0.2) is 0 Å². The molecule has 0 spiro atoms. The summed E-state index contributed by atoms with van der Waals surface area (Å²) in [4.78, 5) is 27.0. The second-order valence-electron chi connectivity index (χ2n) is 8.56. The molecule has 2 fully saturated rings. The van der Waals surface area contributed by atoms with E-state index >= 15 is 0 Å². The minimum absolute atomic E-state index is 0.0848. The predicted octanol–water partition coefficient (Wildman–Crippen LogP) is 5.11. The lowest BCUT2D eigenvalue weighted by atomic mass is 9.76. The molecule has 0 bridgehead atoms. The summed E-state index contributed by atoms with van der Waals surface area (Å²) in [5, 5.41) is 0. The number of hydrogen-bond acceptors (Lipinski definition) is 6. The molecule has 30 heavy (non-hydrogen) atoms. The normalized spacial score (nSPS) is 22.7. The summed E-state index contributed by atoms with van der Waals surface area (Å²) in [6, 6.07) is 0. The van der Waals surface area contributed by atoms with Crippen molar-refractivity contribution in [3.63, 3.8) is 0 Å². The van der Waals surface area contributed by atoms with Crippen LogP contribution in [0.4, 0.5) is 0 Å². The van der Waals surface area contributed by atoms with Crippen LogP contribution in [0.25, 0.3) is 0 Å². The lowest BCUT2D eigenvalue weighted by Crippen LogP contribution is -2.68. The summed E-state index contributed by atoms with van der Waals surface area (Å²) in [6.45, 7) is 7.76. The third-order valence-electron chi connectivity index (χ3n) is 6.70. The molecule has 0 radical (unpaired) electrons. The Morgan fingerprint density at radius 1 is 0.633 bits per heavy atom. The van der Waals surface area contributed by atoms with Gasteiger partial charge < -0.3 is 18.9 Å². The van der Waals surface area contributed by atoms with Gasteiger partial charge in [-0.3, -0.25) is 0 Å². The van der Waals surface area contributed by atoms with Gasteiger partial charge in [0.2, 0.25) is 11.2 Å². The van der Waals surface area contributed by atoms with Crippen LogP contribution in [0, 0.1) is 0 Å². The Balaban J connectivity index is 2.51. The zero-order chi connectivity index (χ0) is 22.0. The zero-order valence-corrected chi connectivity index (χ0v) is 19.5. The number of carbonyl (C=O) groups excluding carboxylic acids is 2. The molecule has 0 aliphatic heterocycles. The van der Waals surface area contributed by atoms with Gasteiger partial charge in [-0.05, 0) is 52.4 Å². The van der Waals surface area contributed by atoms with E-state index in [0.29, 0.717) is 12.8 Å². The number of esters is 2. The van der Waals surface area contributed by atoms with Crippen LogP contribution in [0.2, 0.25) is 0 Å². The van der Waals surface area contributed by atoms with E-state index < -0.39 is 23.1 Å². The van der Waals surface area contributed by atoms with E-state index in [1.165, 1.54) is 12.8 Å². The first-order chi connectivity index (χ1) is 14.5. The molecule has 0 N–H and O–H groups in total. The highest BCUT2D eigenvalue weighted by Gasteiger charge is 2.65. The fourth-order valence-electron chi connectivity index (χ4n) is 5.07. The van der Waals surface area contributed by atoms with Gasteiger partial charge in [0, 0.05) is 0 Å². The van der Waals surface area contributed by atoms with Crippen LogP contribution >= 0.6 is 0 Å². The monoisotopic (exact) mass is 426 g/mol. The van der Waals surface area contributed by atoms with E-state index in [1.54, 1.807) is 13.8 Å². The van der Waals surface area contributed by atoms with Gasteiger partial charge in [-0.2, -0.15) is 0 Å². The van der Waals surface area contributed by atoms with E-state index in [1.807, 2.05) is 13.8 Å². The Morgan fingerprint density at radius 2 is 0.967 bits per heavy atom. The smallest absolute Gasteiger partial charge is 0.342 e. The van der Waals surface area contributed by atoms with Crippen molar-refractivity contribution < 1.29 is 28.5 Å². The van der Waals surface area contributed by atoms with Gasteiger partial charge in [0.05, 0.1) is 25.4 Å². The molecule has 2 saturated carbocycles. The van der Waals surface area contributed by atoms with E-state index in [-0.39, 0.29) is 25.4 Å². The van der Waals surface area contributed by atoms with Crippen LogP contribution in [0.3, 0.4) is 0 Å². The summed E-state index contributed by atoms with van der Waals surface area (Å²) < 4.78 is 24.2. The fraction of sp³-hybridized carbons (Fsp3) is 0.917. The minimum atomic E-state index is -1.51. The number of carbonyl (C=O) groups is 2. The SMILES string of the molecule is CCOC(=O)C(CC)(OC1CCCCC1)C(CC)(OC1CCCCC1)C(=O)OCC. The maximum atomic E-state index is 13.5. The van der Waals surface area contributed by atoms with Crippen LogP contribution in [0.5, 0.6) is 0 Å². The fourth-order valence-corrected chi connectivity index (χ4v) is 5.07. The maximum Gasteiger partial charge on any atom is 0.342 e. The van der Waals surface area contributed by atoms with Gasteiger partial charge in [0.1, 0.15) is 0 Å². The van der Waals surface area contributed by atoms with Crippen molar-refractivity contribution in [2.75, 3.05) is 13.2 Å². The van der Waals surface area contributed by atoms with Crippen LogP contribution in [-0.2, 0) is 28.5 Å². The first kappa shape index (κ1) is 25.1. The standard InChI is InChI=1S/C24H42O6/c1-5-23(21(25)27-7-3,29-19-15-11-9-12-16-19)24(6-2,22(26)28-8-4)30-20-17-13-10-14-18-20/h19-20H,5-18H2,1-4H3. The van der Waals surface area contributed by atoms with Crippen LogP contribution in [0.1, 0.15) is 105 Å². The third kappa shape index (κ3) is 5.37. The van der Waals surface area contributed by atoms with E-state index in [9.17, 15) is 9.59 Å². The van der Waals surface area contributed by atoms with Crippen molar-refractivity contribution in [3.8, 4) is 0 Å². The molecular weight excluding hydrogens is 384 g/mol. The number of ether oxygens (including phenoxy) is 4. The molecule has 2 unspecified atom stereocenters. The quantitative estimate of drug-likeness (QED) is 0.428. The second kappa shape index (κ2) is 12.0. The Morgan fingerprint density at radius 3 is 1.23 bits per heavy atom. The molecule has 2 aliphatic rings. The maximum absolute atomic E-state index is 13.5. The molecule has 6 heteroatoms. The number of rotatable bonds is 11. The Hall–Kier alpha value is -1.14. The molecule has 6 nitrogen and oxygen atoms in total. The molecule has 0 aromatic heterocycles. The average molecular weight is 427 g/mol. The Bertz CT molecular complexity index is 490. The topological polar surface area (TPSA) is 71.1 Å². The first-order valence-corrected chi connectivity index (χ1v) is 12.2. The van der Waals surface area contributed by atoms with Crippen LogP contribution < -0.4 is 0 Å². The van der Waals surface area contributed by atoms with E-state index in [0.717, 1.165) is 51.4 Å². The second-order valence-corrected chi connectivity index (χ2v) is 8.56. The van der Waals surface area contributed by atoms with Crippen molar-refractivity contribution >= 4 is 11.9 Å². The largest absolute Gasteiger partial charge is 0.464 e. The Labute approximate surface area is 182 Å². The lowest BCUT2D eigenvalue weighted by Gasteiger charge is -2.48. The molecule has 2 rings (SSSR count). The molecule has 0 aromatic rings. The summed E-state index contributed by atoms with van der Waals surface area (Å²) in [6.07, 6.45) is 10.6. The average Bonchev–Trinajstić information content (AvgIpc) is 2.77. The molecule has 174 valence electrons. The van der Waals surface area contributed by atoms with Crippen molar-refractivity contribution in [1.82, 2.24) is 0 Å². The lowest BCUT2D eigenvalue weighted by molar-refractivity contribution is -0.260. The highest BCUT2D eigenvalue weighted by atomic mass is 16.6. The predicted molar refractivity (Wildman–Crippen MR) is 115 cm³/mol. The molecule has 0 aromatic carbocycles. The van der Waals surface area contributed by atoms with Crippen molar-refractivity contribution in [1.29, 1.82) is 0 Å². The van der Waals surface area contributed by atoms with Crippen molar-refractivity contribution in [3.05, 3.63) is 0 Å². The molecule has 2 atom stereocenters. The Kier molecular flexibility index (Phi) is 10.1. The van der Waals surface area contributed by atoms with Gasteiger partial charge in [0.25, 0.3) is 0 Å². The molecular formula is C24H42O6. The summed E-state index contributed by atoms with van der Waals surface area (Å²) >= 11 is 0. The summed E-state index contributed by atoms with van der Waals surface area (Å²) in [5.41, 5.74) is -3.02. The zero-order valence-electron chi connectivity index (χ0n) is 19.5. The molecule has 2 aliphatic carbocycles. The van der Waals surface area contributed by atoms with E-state index in [4.69, 9.17) is 18.9 Å². The van der Waals surface area contributed by atoms with Gasteiger partial charge in [-0.15, -0.1) is 0 Å². The molecule has 0 heterocycles.